The summed E-state index contributed by atoms with van der Waals surface area (Å²) in [5.41, 5.74) is 1.41. The van der Waals surface area contributed by atoms with Gasteiger partial charge in [0.2, 0.25) is 9.84 Å². The summed E-state index contributed by atoms with van der Waals surface area (Å²) in [6, 6.07) is 22.8. The van der Waals surface area contributed by atoms with Gasteiger partial charge in [0.05, 0.1) is 21.3 Å². The summed E-state index contributed by atoms with van der Waals surface area (Å²) in [7, 11) is -1.94. The van der Waals surface area contributed by atoms with E-state index in [0.29, 0.717) is 12.3 Å². The van der Waals surface area contributed by atoms with Crippen LogP contribution in [0.15, 0.2) is 88.9 Å². The summed E-state index contributed by atoms with van der Waals surface area (Å²) < 4.78 is 25.8. The molecule has 3 heterocycles. The molecule has 5 rings (SSSR count). The molecule has 0 saturated carbocycles. The number of piperidine rings is 1. The number of aromatic nitrogens is 1. The molecule has 0 radical (unpaired) electrons. The Morgan fingerprint density at radius 3 is 2.27 bits per heavy atom. The van der Waals surface area contributed by atoms with Crippen molar-refractivity contribution in [3.8, 4) is 6.07 Å². The highest BCUT2D eigenvalue weighted by atomic mass is 32.2. The van der Waals surface area contributed by atoms with Crippen LogP contribution >= 0.6 is 0 Å². The smallest absolute Gasteiger partial charge is 0.314 e. The minimum Gasteiger partial charge on any atom is -0.371 e. The Hall–Kier alpha value is -3.94. The Kier molecular flexibility index (Phi) is 10.4. The molecule has 1 unspecified atom stereocenters. The molecule has 1 aromatic heterocycles. The fourth-order valence-electron chi connectivity index (χ4n) is 7.04. The van der Waals surface area contributed by atoms with Crippen molar-refractivity contribution in [2.24, 2.45) is 11.8 Å². The highest BCUT2D eigenvalue weighted by molar-refractivity contribution is 7.91. The van der Waals surface area contributed by atoms with E-state index < -0.39 is 15.3 Å². The number of carbonyl (C=O) groups is 1. The molecule has 2 aliphatic heterocycles. The summed E-state index contributed by atoms with van der Waals surface area (Å²) >= 11 is 0. The Bertz CT molecular complexity index is 1550. The highest BCUT2D eigenvalue weighted by Gasteiger charge is 2.44. The molecule has 45 heavy (non-hydrogen) atoms. The van der Waals surface area contributed by atoms with Gasteiger partial charge in [0.15, 0.2) is 0 Å². The molecule has 0 aliphatic carbocycles. The molecule has 10 heteroatoms. The number of carbonyl (C=O) groups excluding carboxylic acids is 1. The van der Waals surface area contributed by atoms with Crippen LogP contribution < -0.4 is 15.5 Å². The van der Waals surface area contributed by atoms with Gasteiger partial charge in [-0.2, -0.15) is 5.26 Å². The number of likely N-dealkylation sites (tertiary alicyclic amines) is 1. The molecule has 2 atom stereocenters. The van der Waals surface area contributed by atoms with Crippen molar-refractivity contribution in [3.63, 3.8) is 0 Å². The van der Waals surface area contributed by atoms with Gasteiger partial charge in [0.25, 0.3) is 0 Å². The molecular weight excluding hydrogens is 584 g/mol. The minimum atomic E-state index is -3.56. The van der Waals surface area contributed by atoms with Crippen LogP contribution in [0, 0.1) is 23.2 Å². The van der Waals surface area contributed by atoms with E-state index in [4.69, 9.17) is 0 Å². The SMILES string of the molecule is CCC[C@@H](CC(C#N)(c1ccccc1)C1CCN(CC2CN(c3ccc(S(=O)(=O)c4ccncc4)cc3)C2)CC1)NC(=O)NC. The van der Waals surface area contributed by atoms with Crippen LogP contribution in [0.2, 0.25) is 0 Å². The summed E-state index contributed by atoms with van der Waals surface area (Å²) in [5.74, 6) is 0.745. The second-order valence-electron chi connectivity index (χ2n) is 12.4. The van der Waals surface area contributed by atoms with E-state index in [2.05, 4.69) is 50.5 Å². The number of benzene rings is 2. The molecule has 2 saturated heterocycles. The van der Waals surface area contributed by atoms with E-state index in [1.165, 1.54) is 24.5 Å². The lowest BCUT2D eigenvalue weighted by Gasteiger charge is -2.46. The van der Waals surface area contributed by atoms with Crippen LogP contribution in [0.3, 0.4) is 0 Å². The third-order valence-electron chi connectivity index (χ3n) is 9.49. The fraction of sp³-hybridized carbons (Fsp3) is 0.457. The summed E-state index contributed by atoms with van der Waals surface area (Å²) in [6.07, 6.45) is 7.20. The zero-order valence-corrected chi connectivity index (χ0v) is 27.0. The molecule has 0 bridgehead atoms. The fourth-order valence-corrected chi connectivity index (χ4v) is 8.28. The molecule has 0 spiro atoms. The lowest BCUT2D eigenvalue weighted by Crippen LogP contribution is -2.53. The van der Waals surface area contributed by atoms with Gasteiger partial charge in [-0.1, -0.05) is 43.7 Å². The van der Waals surface area contributed by atoms with Gasteiger partial charge in [-0.15, -0.1) is 0 Å². The summed E-state index contributed by atoms with van der Waals surface area (Å²) in [4.78, 5) is 21.5. The average Bonchev–Trinajstić information content (AvgIpc) is 3.06. The molecule has 238 valence electrons. The van der Waals surface area contributed by atoms with Gasteiger partial charge in [-0.05, 0) is 86.7 Å². The zero-order chi connectivity index (χ0) is 31.9. The van der Waals surface area contributed by atoms with Gasteiger partial charge >= 0.3 is 6.03 Å². The Balaban J connectivity index is 1.18. The van der Waals surface area contributed by atoms with E-state index in [1.807, 2.05) is 30.3 Å². The standard InChI is InChI=1S/C35H44N6O3S/c1-3-7-30(39-34(42)37-2)22-35(26-36,28-8-5-4-6-9-28)29-16-20-40(21-17-29)23-27-24-41(25-27)31-10-12-32(13-11-31)45(43,44)33-14-18-38-19-15-33/h4-6,8-15,18-19,27,29-30H,3,7,16-17,20-25H2,1-2H3,(H2,37,39,42)/t30-,35?/m0/s1. The third-order valence-corrected chi connectivity index (χ3v) is 11.3. The van der Waals surface area contributed by atoms with Crippen LogP contribution in [0.25, 0.3) is 0 Å². The number of amides is 2. The van der Waals surface area contributed by atoms with Crippen LogP contribution in [0.4, 0.5) is 10.5 Å². The van der Waals surface area contributed by atoms with E-state index in [9.17, 15) is 18.5 Å². The van der Waals surface area contributed by atoms with Gasteiger partial charge in [0, 0.05) is 56.7 Å². The molecule has 2 amide bonds. The largest absolute Gasteiger partial charge is 0.371 e. The molecule has 2 N–H and O–H groups in total. The second kappa shape index (κ2) is 14.4. The average molecular weight is 629 g/mol. The molecule has 2 aromatic carbocycles. The number of pyridine rings is 1. The van der Waals surface area contributed by atoms with Crippen molar-refractivity contribution < 1.29 is 13.2 Å². The normalized spacial score (nSPS) is 18.3. The number of hydrogen-bond donors (Lipinski definition) is 2. The Morgan fingerprint density at radius 2 is 1.67 bits per heavy atom. The lowest BCUT2D eigenvalue weighted by molar-refractivity contribution is 0.117. The molecule has 2 fully saturated rings. The van der Waals surface area contributed by atoms with E-state index >= 15 is 0 Å². The minimum absolute atomic E-state index is 0.0846. The van der Waals surface area contributed by atoms with Crippen molar-refractivity contribution in [2.75, 3.05) is 44.7 Å². The summed E-state index contributed by atoms with van der Waals surface area (Å²) in [6.45, 7) is 6.89. The van der Waals surface area contributed by atoms with Gasteiger partial charge in [0.1, 0.15) is 0 Å². The number of hydrogen-bond acceptors (Lipinski definition) is 7. The van der Waals surface area contributed by atoms with Gasteiger partial charge in [-0.25, -0.2) is 13.2 Å². The van der Waals surface area contributed by atoms with Crippen molar-refractivity contribution in [2.45, 2.75) is 60.3 Å². The van der Waals surface area contributed by atoms with Crippen molar-refractivity contribution >= 4 is 21.6 Å². The number of nitrogens with one attached hydrogen (secondary N) is 2. The van der Waals surface area contributed by atoms with Crippen molar-refractivity contribution in [1.82, 2.24) is 20.5 Å². The van der Waals surface area contributed by atoms with Crippen LogP contribution in [0.5, 0.6) is 0 Å². The predicted molar refractivity (Wildman–Crippen MR) is 176 cm³/mol. The first-order valence-corrected chi connectivity index (χ1v) is 17.4. The number of urea groups is 1. The van der Waals surface area contributed by atoms with E-state index in [-0.39, 0.29) is 27.8 Å². The lowest BCUT2D eigenvalue weighted by atomic mass is 9.64. The third kappa shape index (κ3) is 7.32. The highest BCUT2D eigenvalue weighted by Crippen LogP contribution is 2.43. The first kappa shape index (κ1) is 32.5. The van der Waals surface area contributed by atoms with E-state index in [0.717, 1.165) is 69.7 Å². The van der Waals surface area contributed by atoms with Crippen LogP contribution in [-0.4, -0.2) is 70.1 Å². The quantitative estimate of drug-likeness (QED) is 0.290. The number of nitriles is 1. The molecule has 2 aliphatic rings. The maximum absolute atomic E-state index is 12.9. The van der Waals surface area contributed by atoms with Gasteiger partial charge < -0.3 is 20.4 Å². The first-order chi connectivity index (χ1) is 21.8. The van der Waals surface area contributed by atoms with Crippen LogP contribution in [0.1, 0.15) is 44.6 Å². The van der Waals surface area contributed by atoms with Crippen LogP contribution in [-0.2, 0) is 15.3 Å². The number of sulfone groups is 1. The van der Waals surface area contributed by atoms with Gasteiger partial charge in [-0.3, -0.25) is 4.98 Å². The predicted octanol–water partition coefficient (Wildman–Crippen LogP) is 5.01. The Morgan fingerprint density at radius 1 is 1.02 bits per heavy atom. The van der Waals surface area contributed by atoms with E-state index in [1.54, 1.807) is 19.2 Å². The second-order valence-corrected chi connectivity index (χ2v) is 14.3. The number of anilines is 1. The zero-order valence-electron chi connectivity index (χ0n) is 26.2. The van der Waals surface area contributed by atoms with Crippen molar-refractivity contribution in [1.29, 1.82) is 5.26 Å². The molecular formula is C35H44N6O3S. The number of nitrogens with zero attached hydrogens (tertiary/aromatic N) is 4. The Labute approximate surface area is 267 Å². The monoisotopic (exact) mass is 628 g/mol. The first-order valence-electron chi connectivity index (χ1n) is 16.0. The number of rotatable bonds is 12. The topological polar surface area (TPSA) is 118 Å². The molecule has 3 aromatic rings. The molecule has 9 nitrogen and oxygen atoms in total. The maximum Gasteiger partial charge on any atom is 0.314 e. The summed E-state index contributed by atoms with van der Waals surface area (Å²) in [5, 5.41) is 16.5. The van der Waals surface area contributed by atoms with Crippen molar-refractivity contribution in [3.05, 3.63) is 84.7 Å². The maximum atomic E-state index is 12.9.